The summed E-state index contributed by atoms with van der Waals surface area (Å²) in [6, 6.07) is 10.4. The molecular weight excluding hydrogens is 288 g/mol. The quantitative estimate of drug-likeness (QED) is 0.751. The van der Waals surface area contributed by atoms with Gasteiger partial charge in [-0.05, 0) is 18.2 Å². The van der Waals surface area contributed by atoms with Crippen LogP contribution < -0.4 is 5.32 Å². The van der Waals surface area contributed by atoms with Crippen LogP contribution in [0.5, 0.6) is 0 Å². The zero-order valence-electron chi connectivity index (χ0n) is 10.9. The maximum absolute atomic E-state index is 11.2. The lowest BCUT2D eigenvalue weighted by Gasteiger charge is -2.03. The van der Waals surface area contributed by atoms with Crippen LogP contribution in [0.2, 0.25) is 0 Å². The molecule has 3 rings (SSSR count). The SMILES string of the molecule is O=C(O)c1ccccc1-c1ccc(CNc2nccs2)o1. The Morgan fingerprint density at radius 2 is 2.14 bits per heavy atom. The predicted molar refractivity (Wildman–Crippen MR) is 80.5 cm³/mol. The molecule has 5 nitrogen and oxygen atoms in total. The molecule has 2 heterocycles. The minimum absolute atomic E-state index is 0.228. The Morgan fingerprint density at radius 1 is 1.29 bits per heavy atom. The van der Waals surface area contributed by atoms with Crippen molar-refractivity contribution < 1.29 is 14.3 Å². The number of carboxylic acid groups (broad SMARTS) is 1. The van der Waals surface area contributed by atoms with Crippen LogP contribution in [-0.4, -0.2) is 16.1 Å². The van der Waals surface area contributed by atoms with Gasteiger partial charge in [0.05, 0.1) is 12.1 Å². The molecule has 3 aromatic rings. The lowest BCUT2D eigenvalue weighted by atomic mass is 10.1. The summed E-state index contributed by atoms with van der Waals surface area (Å²) in [7, 11) is 0. The van der Waals surface area contributed by atoms with Crippen LogP contribution >= 0.6 is 11.3 Å². The van der Waals surface area contributed by atoms with E-state index in [2.05, 4.69) is 10.3 Å². The molecule has 0 fully saturated rings. The number of thiazole rings is 1. The van der Waals surface area contributed by atoms with Crippen molar-refractivity contribution in [3.63, 3.8) is 0 Å². The highest BCUT2D eigenvalue weighted by molar-refractivity contribution is 7.13. The molecule has 0 atom stereocenters. The Kier molecular flexibility index (Phi) is 3.70. The average molecular weight is 300 g/mol. The molecule has 0 amide bonds. The molecule has 0 aliphatic rings. The maximum atomic E-state index is 11.2. The van der Waals surface area contributed by atoms with Crippen molar-refractivity contribution >= 4 is 22.4 Å². The zero-order chi connectivity index (χ0) is 14.7. The monoisotopic (exact) mass is 300 g/mol. The van der Waals surface area contributed by atoms with Gasteiger partial charge in [0, 0.05) is 17.1 Å². The molecular formula is C15H12N2O3S. The van der Waals surface area contributed by atoms with E-state index in [0.717, 1.165) is 10.9 Å². The molecule has 0 spiro atoms. The molecule has 0 saturated heterocycles. The Balaban J connectivity index is 1.80. The van der Waals surface area contributed by atoms with E-state index in [1.165, 1.54) is 11.3 Å². The van der Waals surface area contributed by atoms with Crippen molar-refractivity contribution in [2.75, 3.05) is 5.32 Å². The lowest BCUT2D eigenvalue weighted by Crippen LogP contribution is -1.98. The van der Waals surface area contributed by atoms with Crippen LogP contribution in [0.1, 0.15) is 16.1 Å². The number of carboxylic acids is 1. The molecule has 21 heavy (non-hydrogen) atoms. The standard InChI is InChI=1S/C15H12N2O3S/c18-14(19)12-4-2-1-3-11(12)13-6-5-10(20-13)9-17-15-16-7-8-21-15/h1-8H,9H2,(H,16,17)(H,18,19). The highest BCUT2D eigenvalue weighted by Gasteiger charge is 2.13. The van der Waals surface area contributed by atoms with Gasteiger partial charge in [0.1, 0.15) is 11.5 Å². The van der Waals surface area contributed by atoms with Gasteiger partial charge in [-0.2, -0.15) is 0 Å². The van der Waals surface area contributed by atoms with Crippen LogP contribution in [0.25, 0.3) is 11.3 Å². The smallest absolute Gasteiger partial charge is 0.336 e. The van der Waals surface area contributed by atoms with E-state index >= 15 is 0 Å². The van der Waals surface area contributed by atoms with Crippen LogP contribution in [0, 0.1) is 0 Å². The number of rotatable bonds is 5. The fourth-order valence-corrected chi connectivity index (χ4v) is 2.50. The summed E-state index contributed by atoms with van der Waals surface area (Å²) in [5, 5.41) is 15.0. The van der Waals surface area contributed by atoms with Gasteiger partial charge in [-0.25, -0.2) is 9.78 Å². The second kappa shape index (κ2) is 5.80. The van der Waals surface area contributed by atoms with E-state index in [4.69, 9.17) is 4.42 Å². The zero-order valence-corrected chi connectivity index (χ0v) is 11.8. The van der Waals surface area contributed by atoms with E-state index < -0.39 is 5.97 Å². The first-order valence-electron chi connectivity index (χ1n) is 6.29. The Morgan fingerprint density at radius 3 is 2.90 bits per heavy atom. The number of aromatic carboxylic acids is 1. The molecule has 2 aromatic heterocycles. The fraction of sp³-hybridized carbons (Fsp3) is 0.0667. The summed E-state index contributed by atoms with van der Waals surface area (Å²) in [5.41, 5.74) is 0.803. The largest absolute Gasteiger partial charge is 0.478 e. The second-order valence-electron chi connectivity index (χ2n) is 4.31. The average Bonchev–Trinajstić information content (AvgIpc) is 3.16. The Bertz CT molecular complexity index is 750. The van der Waals surface area contributed by atoms with Crippen LogP contribution in [0.4, 0.5) is 5.13 Å². The summed E-state index contributed by atoms with van der Waals surface area (Å²) in [6.07, 6.45) is 1.73. The van der Waals surface area contributed by atoms with Crippen molar-refractivity contribution in [2.45, 2.75) is 6.54 Å². The number of hydrogen-bond acceptors (Lipinski definition) is 5. The fourth-order valence-electron chi connectivity index (χ4n) is 1.98. The van der Waals surface area contributed by atoms with Crippen molar-refractivity contribution in [2.24, 2.45) is 0 Å². The second-order valence-corrected chi connectivity index (χ2v) is 5.20. The molecule has 0 bridgehead atoms. The molecule has 6 heteroatoms. The topological polar surface area (TPSA) is 75.4 Å². The third-order valence-electron chi connectivity index (χ3n) is 2.93. The number of carbonyl (C=O) groups is 1. The molecule has 2 N–H and O–H groups in total. The van der Waals surface area contributed by atoms with E-state index in [1.54, 1.807) is 36.5 Å². The summed E-state index contributed by atoms with van der Waals surface area (Å²) in [6.45, 7) is 0.503. The highest BCUT2D eigenvalue weighted by Crippen LogP contribution is 2.26. The van der Waals surface area contributed by atoms with Gasteiger partial charge in [-0.1, -0.05) is 18.2 Å². The van der Waals surface area contributed by atoms with E-state index in [0.29, 0.717) is 17.9 Å². The van der Waals surface area contributed by atoms with Crippen molar-refractivity contribution in [3.8, 4) is 11.3 Å². The third kappa shape index (κ3) is 2.95. The number of benzene rings is 1. The number of furan rings is 1. The molecule has 106 valence electrons. The molecule has 0 aliphatic heterocycles. The molecule has 0 saturated carbocycles. The number of aromatic nitrogens is 1. The van der Waals surface area contributed by atoms with E-state index in [1.807, 2.05) is 11.4 Å². The van der Waals surface area contributed by atoms with Gasteiger partial charge in [-0.15, -0.1) is 11.3 Å². The number of anilines is 1. The third-order valence-corrected chi connectivity index (χ3v) is 3.66. The van der Waals surface area contributed by atoms with Gasteiger partial charge >= 0.3 is 5.97 Å². The van der Waals surface area contributed by atoms with Crippen molar-refractivity contribution in [1.82, 2.24) is 4.98 Å². The molecule has 0 aliphatic carbocycles. The first-order chi connectivity index (χ1) is 10.2. The van der Waals surface area contributed by atoms with Gasteiger partial charge in [0.25, 0.3) is 0 Å². The van der Waals surface area contributed by atoms with E-state index in [-0.39, 0.29) is 5.56 Å². The first-order valence-corrected chi connectivity index (χ1v) is 7.17. The highest BCUT2D eigenvalue weighted by atomic mass is 32.1. The minimum Gasteiger partial charge on any atom is -0.478 e. The summed E-state index contributed by atoms with van der Waals surface area (Å²) < 4.78 is 5.71. The van der Waals surface area contributed by atoms with Crippen LogP contribution in [0.15, 0.2) is 52.4 Å². The van der Waals surface area contributed by atoms with Crippen molar-refractivity contribution in [1.29, 1.82) is 0 Å². The van der Waals surface area contributed by atoms with Gasteiger partial charge in [0.2, 0.25) is 0 Å². The summed E-state index contributed by atoms with van der Waals surface area (Å²) >= 11 is 1.51. The van der Waals surface area contributed by atoms with Gasteiger partial charge in [-0.3, -0.25) is 0 Å². The van der Waals surface area contributed by atoms with Crippen molar-refractivity contribution in [3.05, 3.63) is 59.3 Å². The number of nitrogens with one attached hydrogen (secondary N) is 1. The molecule has 0 radical (unpaired) electrons. The normalized spacial score (nSPS) is 10.5. The predicted octanol–water partition coefficient (Wildman–Crippen LogP) is 3.71. The maximum Gasteiger partial charge on any atom is 0.336 e. The summed E-state index contributed by atoms with van der Waals surface area (Å²) in [4.78, 5) is 15.3. The Hall–Kier alpha value is -2.60. The Labute approximate surface area is 124 Å². The lowest BCUT2D eigenvalue weighted by molar-refractivity contribution is 0.0697. The minimum atomic E-state index is -0.968. The summed E-state index contributed by atoms with van der Waals surface area (Å²) in [5.74, 6) is 0.300. The van der Waals surface area contributed by atoms with Gasteiger partial charge in [0.15, 0.2) is 5.13 Å². The molecule has 1 aromatic carbocycles. The first kappa shape index (κ1) is 13.4. The molecule has 0 unspecified atom stereocenters. The van der Waals surface area contributed by atoms with Crippen LogP contribution in [-0.2, 0) is 6.54 Å². The van der Waals surface area contributed by atoms with Gasteiger partial charge < -0.3 is 14.8 Å². The number of hydrogen-bond donors (Lipinski definition) is 2. The number of nitrogens with zero attached hydrogens (tertiary/aromatic N) is 1. The van der Waals surface area contributed by atoms with E-state index in [9.17, 15) is 9.90 Å². The van der Waals surface area contributed by atoms with Crippen LogP contribution in [0.3, 0.4) is 0 Å².